The molecule has 0 aromatic heterocycles. The predicted octanol–water partition coefficient (Wildman–Crippen LogP) is 2.87. The first kappa shape index (κ1) is 32.5. The lowest BCUT2D eigenvalue weighted by atomic mass is 9.46. The Bertz CT molecular complexity index is 1250. The number of hydrogen-bond acceptors (Lipinski definition) is 7. The van der Waals surface area contributed by atoms with Crippen molar-refractivity contribution in [1.82, 2.24) is 10.6 Å². The first-order valence-electron chi connectivity index (χ1n) is 15.3. The summed E-state index contributed by atoms with van der Waals surface area (Å²) in [4.78, 5) is 52.9. The van der Waals surface area contributed by atoms with Crippen molar-refractivity contribution < 1.29 is 39.3 Å². The fraction of sp³-hybridized carbons (Fsp3) is 0.719. The number of rotatable bonds is 10. The molecule has 0 unspecified atom stereocenters. The van der Waals surface area contributed by atoms with Gasteiger partial charge in [-0.1, -0.05) is 44.3 Å². The van der Waals surface area contributed by atoms with Gasteiger partial charge < -0.3 is 30.8 Å². The van der Waals surface area contributed by atoms with E-state index < -0.39 is 60.4 Å². The number of carbonyl (C=O) groups is 4. The molecule has 0 saturated heterocycles. The molecule has 8 atom stereocenters. The number of carboxylic acids is 2. The van der Waals surface area contributed by atoms with Crippen LogP contribution in [0.15, 0.2) is 16.8 Å². The summed E-state index contributed by atoms with van der Waals surface area (Å²) >= 11 is 0. The number of terminal acetylenes is 1. The maximum absolute atomic E-state index is 12.6. The SMILES string of the molecule is C#C[C@@]1(O)CC[C@H]2[C@@H]3CCC4=C/C(=N/OCC(=O)N[C@H](C(=O)N[C@H](CC(=O)O)C(=O)O)C(C)C)CC[C@]4(C)[C@H]3CC[C@@]21C. The predicted molar refractivity (Wildman–Crippen MR) is 157 cm³/mol. The van der Waals surface area contributed by atoms with Gasteiger partial charge in [-0.05, 0) is 86.5 Å². The van der Waals surface area contributed by atoms with Crippen LogP contribution >= 0.6 is 0 Å². The Kier molecular flexibility index (Phi) is 9.31. The van der Waals surface area contributed by atoms with E-state index in [1.165, 1.54) is 5.57 Å². The zero-order valence-corrected chi connectivity index (χ0v) is 25.5. The molecule has 4 aliphatic carbocycles. The molecular weight excluding hydrogens is 554 g/mol. The highest BCUT2D eigenvalue weighted by Crippen LogP contribution is 2.67. The van der Waals surface area contributed by atoms with Crippen LogP contribution in [0.2, 0.25) is 0 Å². The highest BCUT2D eigenvalue weighted by Gasteiger charge is 2.63. The lowest BCUT2D eigenvalue weighted by molar-refractivity contribution is -0.147. The van der Waals surface area contributed by atoms with Gasteiger partial charge >= 0.3 is 11.9 Å². The van der Waals surface area contributed by atoms with E-state index in [-0.39, 0.29) is 10.8 Å². The van der Waals surface area contributed by atoms with E-state index in [0.29, 0.717) is 30.6 Å². The van der Waals surface area contributed by atoms with Crippen LogP contribution in [0, 0.1) is 46.8 Å². The molecule has 0 aromatic rings. The van der Waals surface area contributed by atoms with Crippen molar-refractivity contribution in [2.45, 2.75) is 103 Å². The number of nitrogens with zero attached hydrogens (tertiary/aromatic N) is 1. The van der Waals surface area contributed by atoms with E-state index >= 15 is 0 Å². The number of allylic oxidation sites excluding steroid dienone is 2. The van der Waals surface area contributed by atoms with Gasteiger partial charge in [0, 0.05) is 5.41 Å². The summed E-state index contributed by atoms with van der Waals surface area (Å²) in [5, 5.41) is 38.3. The molecule has 4 aliphatic rings. The minimum Gasteiger partial charge on any atom is -0.481 e. The number of carboxylic acid groups (broad SMARTS) is 2. The molecule has 11 heteroatoms. The second-order valence-electron chi connectivity index (χ2n) is 13.6. The van der Waals surface area contributed by atoms with Crippen LogP contribution in [0.25, 0.3) is 0 Å². The quantitative estimate of drug-likeness (QED) is 0.188. The summed E-state index contributed by atoms with van der Waals surface area (Å²) in [5.41, 5.74) is 0.909. The molecule has 0 heterocycles. The topological polar surface area (TPSA) is 175 Å². The number of oxime groups is 1. The molecule has 0 spiro atoms. The van der Waals surface area contributed by atoms with Crippen LogP contribution in [0.4, 0.5) is 0 Å². The number of aliphatic carboxylic acids is 2. The Morgan fingerprint density at radius 1 is 1.07 bits per heavy atom. The standard InChI is InChI=1S/C32H45N3O8/c1-6-32(42)14-11-23-21-8-7-19-15-20(9-12-30(19,4)22(21)10-13-31(23,32)5)35-43-17-25(36)34-27(18(2)3)28(39)33-24(29(40)41)16-26(37)38/h1,15,18,21-24,27,42H,7-14,16-17H2,2-5H3,(H,33,39)(H,34,36)(H,37,38)(H,40,41)/b35-20+/t21-,22+,23+,24-,27+,30+,31+,32-/m1/s1. The third-order valence-electron chi connectivity index (χ3n) is 11.0. The Morgan fingerprint density at radius 2 is 1.77 bits per heavy atom. The first-order chi connectivity index (χ1) is 20.1. The summed E-state index contributed by atoms with van der Waals surface area (Å²) in [6, 6.07) is -2.70. The molecule has 236 valence electrons. The van der Waals surface area contributed by atoms with Crippen LogP contribution < -0.4 is 10.6 Å². The lowest BCUT2D eigenvalue weighted by Gasteiger charge is -2.58. The average Bonchev–Trinajstić information content (AvgIpc) is 3.21. The number of aliphatic hydroxyl groups is 1. The van der Waals surface area contributed by atoms with Crippen molar-refractivity contribution in [2.24, 2.45) is 39.7 Å². The summed E-state index contributed by atoms with van der Waals surface area (Å²) < 4.78 is 0. The van der Waals surface area contributed by atoms with Crippen molar-refractivity contribution in [3.63, 3.8) is 0 Å². The molecule has 11 nitrogen and oxygen atoms in total. The zero-order chi connectivity index (χ0) is 31.7. The van der Waals surface area contributed by atoms with E-state index in [2.05, 4.69) is 41.6 Å². The molecule has 3 saturated carbocycles. The fourth-order valence-electron chi connectivity index (χ4n) is 8.46. The Morgan fingerprint density at radius 3 is 2.40 bits per heavy atom. The first-order valence-corrected chi connectivity index (χ1v) is 15.3. The van der Waals surface area contributed by atoms with Gasteiger partial charge in [0.15, 0.2) is 6.61 Å². The summed E-state index contributed by atoms with van der Waals surface area (Å²) in [6.45, 7) is 7.46. The third kappa shape index (κ3) is 6.17. The van der Waals surface area contributed by atoms with Crippen LogP contribution in [0.5, 0.6) is 0 Å². The van der Waals surface area contributed by atoms with Crippen LogP contribution in [0.3, 0.4) is 0 Å². The molecule has 3 fully saturated rings. The van der Waals surface area contributed by atoms with Crippen molar-refractivity contribution in [1.29, 1.82) is 0 Å². The maximum atomic E-state index is 12.6. The van der Waals surface area contributed by atoms with Gasteiger partial charge in [0.25, 0.3) is 5.91 Å². The number of carbonyl (C=O) groups excluding carboxylic acids is 2. The summed E-state index contributed by atoms with van der Waals surface area (Å²) in [6.07, 6.45) is 14.4. The third-order valence-corrected chi connectivity index (χ3v) is 11.0. The highest BCUT2D eigenvalue weighted by molar-refractivity contribution is 5.96. The van der Waals surface area contributed by atoms with Crippen LogP contribution in [-0.4, -0.2) is 69.1 Å². The molecule has 43 heavy (non-hydrogen) atoms. The Labute approximate surface area is 252 Å². The number of nitrogens with one attached hydrogen (secondary N) is 2. The van der Waals surface area contributed by atoms with Crippen molar-refractivity contribution in [3.05, 3.63) is 11.6 Å². The highest BCUT2D eigenvalue weighted by atomic mass is 16.6. The van der Waals surface area contributed by atoms with Gasteiger partial charge in [0.2, 0.25) is 5.91 Å². The number of hydrogen-bond donors (Lipinski definition) is 5. The second-order valence-corrected chi connectivity index (χ2v) is 13.6. The molecule has 0 radical (unpaired) electrons. The zero-order valence-electron chi connectivity index (χ0n) is 25.5. The molecular formula is C32H45N3O8. The van der Waals surface area contributed by atoms with E-state index in [1.807, 2.05) is 0 Å². The maximum Gasteiger partial charge on any atom is 0.326 e. The molecule has 4 rings (SSSR count). The Hall–Kier alpha value is -3.39. The smallest absolute Gasteiger partial charge is 0.326 e. The largest absolute Gasteiger partial charge is 0.481 e. The van der Waals surface area contributed by atoms with Crippen LogP contribution in [0.1, 0.15) is 85.5 Å². The van der Waals surface area contributed by atoms with Gasteiger partial charge in [-0.15, -0.1) is 6.42 Å². The lowest BCUT2D eigenvalue weighted by Crippen LogP contribution is -2.54. The fourth-order valence-corrected chi connectivity index (χ4v) is 8.46. The van der Waals surface area contributed by atoms with Gasteiger partial charge in [0.05, 0.1) is 12.1 Å². The van der Waals surface area contributed by atoms with Crippen molar-refractivity contribution >= 4 is 29.5 Å². The van der Waals surface area contributed by atoms with Crippen LogP contribution in [-0.2, 0) is 24.0 Å². The molecule has 0 bridgehead atoms. The van der Waals surface area contributed by atoms with E-state index in [4.69, 9.17) is 16.4 Å². The molecule has 0 aliphatic heterocycles. The normalized spacial score (nSPS) is 35.3. The van der Waals surface area contributed by atoms with Gasteiger partial charge in [0.1, 0.15) is 17.7 Å². The van der Waals surface area contributed by atoms with E-state index in [9.17, 15) is 29.4 Å². The number of fused-ring (bicyclic) bond motifs is 5. The molecule has 5 N–H and O–H groups in total. The average molecular weight is 600 g/mol. The van der Waals surface area contributed by atoms with Gasteiger partial charge in [-0.2, -0.15) is 0 Å². The van der Waals surface area contributed by atoms with Gasteiger partial charge in [-0.3, -0.25) is 14.4 Å². The minimum atomic E-state index is -1.62. The van der Waals surface area contributed by atoms with E-state index in [1.54, 1.807) is 13.8 Å². The van der Waals surface area contributed by atoms with Gasteiger partial charge in [-0.25, -0.2) is 4.79 Å². The number of amides is 2. The van der Waals surface area contributed by atoms with E-state index in [0.717, 1.165) is 44.2 Å². The van der Waals surface area contributed by atoms with Crippen molar-refractivity contribution in [3.8, 4) is 12.3 Å². The molecule has 2 amide bonds. The Balaban J connectivity index is 1.35. The summed E-state index contributed by atoms with van der Waals surface area (Å²) in [5.74, 6) is -0.430. The monoisotopic (exact) mass is 599 g/mol. The molecule has 0 aromatic carbocycles. The van der Waals surface area contributed by atoms with Crippen molar-refractivity contribution in [2.75, 3.05) is 6.61 Å². The summed E-state index contributed by atoms with van der Waals surface area (Å²) in [7, 11) is 0. The second kappa shape index (κ2) is 12.3. The minimum absolute atomic E-state index is 0.0454.